The molecule has 2 aliphatic rings. The van der Waals surface area contributed by atoms with Gasteiger partial charge in [0.2, 0.25) is 10.0 Å². The Morgan fingerprint density at radius 3 is 1.97 bits per heavy atom. The van der Waals surface area contributed by atoms with Crippen LogP contribution in [0.3, 0.4) is 0 Å². The third kappa shape index (κ3) is 5.73. The van der Waals surface area contributed by atoms with Crippen molar-refractivity contribution in [1.82, 2.24) is 4.31 Å². The lowest BCUT2D eigenvalue weighted by molar-refractivity contribution is 0.102. The van der Waals surface area contributed by atoms with Crippen LogP contribution in [0.5, 0.6) is 0 Å². The maximum absolute atomic E-state index is 13.8. The van der Waals surface area contributed by atoms with Crippen LogP contribution in [0.4, 0.5) is 15.8 Å². The Bertz CT molecular complexity index is 1060. The molecule has 2 aromatic rings. The first-order chi connectivity index (χ1) is 15.9. The van der Waals surface area contributed by atoms with Gasteiger partial charge in [0, 0.05) is 37.4 Å². The first kappa shape index (κ1) is 23.7. The zero-order valence-corrected chi connectivity index (χ0v) is 19.7. The van der Waals surface area contributed by atoms with Gasteiger partial charge in [0.15, 0.2) is 0 Å². The number of rotatable bonds is 5. The van der Waals surface area contributed by atoms with Gasteiger partial charge in [0.05, 0.1) is 5.69 Å². The maximum atomic E-state index is 13.8. The van der Waals surface area contributed by atoms with E-state index in [9.17, 15) is 17.6 Å². The molecule has 33 heavy (non-hydrogen) atoms. The van der Waals surface area contributed by atoms with Gasteiger partial charge in [-0.1, -0.05) is 25.7 Å². The van der Waals surface area contributed by atoms with Crippen LogP contribution in [-0.2, 0) is 10.0 Å². The molecule has 2 fully saturated rings. The summed E-state index contributed by atoms with van der Waals surface area (Å²) in [7, 11) is -3.75. The van der Waals surface area contributed by atoms with E-state index in [1.165, 1.54) is 30.3 Å². The van der Waals surface area contributed by atoms with Crippen LogP contribution in [0.2, 0.25) is 0 Å². The number of hydrogen-bond acceptors (Lipinski definition) is 4. The smallest absolute Gasteiger partial charge is 0.255 e. The quantitative estimate of drug-likeness (QED) is 0.662. The molecule has 0 aromatic heterocycles. The van der Waals surface area contributed by atoms with Gasteiger partial charge in [-0.15, -0.1) is 0 Å². The summed E-state index contributed by atoms with van der Waals surface area (Å²) in [5.41, 5.74) is 1.40. The number of hydrogen-bond donors (Lipinski definition) is 1. The normalized spacial score (nSPS) is 18.4. The lowest BCUT2D eigenvalue weighted by Crippen LogP contribution is -2.34. The zero-order chi connectivity index (χ0) is 23.3. The van der Waals surface area contributed by atoms with E-state index >= 15 is 0 Å². The van der Waals surface area contributed by atoms with Crippen molar-refractivity contribution in [3.05, 3.63) is 53.8 Å². The molecule has 1 N–H and O–H groups in total. The third-order valence-electron chi connectivity index (χ3n) is 6.45. The predicted molar refractivity (Wildman–Crippen MR) is 129 cm³/mol. The highest BCUT2D eigenvalue weighted by Gasteiger charge is 2.30. The number of nitrogens with zero attached hydrogens (tertiary/aromatic N) is 2. The van der Waals surface area contributed by atoms with Gasteiger partial charge in [-0.05, 0) is 68.1 Å². The zero-order valence-electron chi connectivity index (χ0n) is 18.9. The third-order valence-corrected chi connectivity index (χ3v) is 8.38. The highest BCUT2D eigenvalue weighted by atomic mass is 32.2. The Kier molecular flexibility index (Phi) is 7.65. The van der Waals surface area contributed by atoms with Gasteiger partial charge in [-0.25, -0.2) is 12.8 Å². The highest BCUT2D eigenvalue weighted by Crippen LogP contribution is 2.32. The summed E-state index contributed by atoms with van der Waals surface area (Å²) in [4.78, 5) is 15.3. The first-order valence-electron chi connectivity index (χ1n) is 11.9. The summed E-state index contributed by atoms with van der Waals surface area (Å²) >= 11 is 0. The van der Waals surface area contributed by atoms with Gasteiger partial charge in [0.25, 0.3) is 5.91 Å². The highest BCUT2D eigenvalue weighted by molar-refractivity contribution is 7.89. The summed E-state index contributed by atoms with van der Waals surface area (Å²) in [5, 5.41) is 2.74. The number of anilines is 2. The molecule has 2 saturated heterocycles. The molecule has 0 atom stereocenters. The Morgan fingerprint density at radius 2 is 1.36 bits per heavy atom. The van der Waals surface area contributed by atoms with E-state index in [1.54, 1.807) is 16.4 Å². The topological polar surface area (TPSA) is 69.7 Å². The average Bonchev–Trinajstić information content (AvgIpc) is 3.26. The molecule has 2 heterocycles. The lowest BCUT2D eigenvalue weighted by Gasteiger charge is -2.28. The van der Waals surface area contributed by atoms with Crippen molar-refractivity contribution in [3.8, 4) is 0 Å². The molecule has 1 amide bonds. The molecular formula is C25H32FN3O3S. The van der Waals surface area contributed by atoms with E-state index in [2.05, 4.69) is 10.2 Å². The molecule has 6 nitrogen and oxygen atoms in total. The summed E-state index contributed by atoms with van der Waals surface area (Å²) in [5.74, 6) is -0.808. The van der Waals surface area contributed by atoms with Crippen LogP contribution in [-0.4, -0.2) is 44.8 Å². The predicted octanol–water partition coefficient (Wildman–Crippen LogP) is 5.02. The minimum absolute atomic E-state index is 0.207. The molecule has 8 heteroatoms. The molecule has 2 aliphatic heterocycles. The van der Waals surface area contributed by atoms with Crippen LogP contribution in [0.25, 0.3) is 0 Å². The SMILES string of the molecule is O=C(Nc1ccc(F)cc1)c1ccc(N2CCCCCC2)c(S(=O)(=O)N2CCCCCC2)c1. The summed E-state index contributed by atoms with van der Waals surface area (Å²) < 4.78 is 42.4. The van der Waals surface area contributed by atoms with E-state index < -0.39 is 15.9 Å². The fraction of sp³-hybridized carbons (Fsp3) is 0.480. The molecule has 0 aliphatic carbocycles. The molecule has 0 bridgehead atoms. The Labute approximate surface area is 195 Å². The van der Waals surface area contributed by atoms with Crippen molar-refractivity contribution in [3.63, 3.8) is 0 Å². The number of nitrogens with one attached hydrogen (secondary N) is 1. The second-order valence-corrected chi connectivity index (χ2v) is 10.8. The molecule has 4 rings (SSSR count). The molecule has 2 aromatic carbocycles. The van der Waals surface area contributed by atoms with E-state index in [1.807, 2.05) is 0 Å². The number of sulfonamides is 1. The Hall–Kier alpha value is -2.45. The van der Waals surface area contributed by atoms with Gasteiger partial charge in [0.1, 0.15) is 10.7 Å². The minimum Gasteiger partial charge on any atom is -0.370 e. The van der Waals surface area contributed by atoms with E-state index in [0.29, 0.717) is 24.5 Å². The van der Waals surface area contributed by atoms with E-state index in [-0.39, 0.29) is 16.3 Å². The van der Waals surface area contributed by atoms with E-state index in [4.69, 9.17) is 0 Å². The second-order valence-electron chi connectivity index (χ2n) is 8.86. The fourth-order valence-corrected chi connectivity index (χ4v) is 6.35. The first-order valence-corrected chi connectivity index (χ1v) is 13.4. The van der Waals surface area contributed by atoms with Crippen molar-refractivity contribution in [2.24, 2.45) is 0 Å². The van der Waals surface area contributed by atoms with Crippen LogP contribution >= 0.6 is 0 Å². The van der Waals surface area contributed by atoms with Gasteiger partial charge < -0.3 is 10.2 Å². The van der Waals surface area contributed by atoms with Crippen molar-refractivity contribution in [1.29, 1.82) is 0 Å². The molecule has 0 spiro atoms. The molecule has 0 radical (unpaired) electrons. The van der Waals surface area contributed by atoms with Crippen molar-refractivity contribution < 1.29 is 17.6 Å². The monoisotopic (exact) mass is 473 g/mol. The van der Waals surface area contributed by atoms with Gasteiger partial charge in [-0.2, -0.15) is 4.31 Å². The van der Waals surface area contributed by atoms with Crippen LogP contribution < -0.4 is 10.2 Å². The van der Waals surface area contributed by atoms with Crippen molar-refractivity contribution >= 4 is 27.3 Å². The van der Waals surface area contributed by atoms with Gasteiger partial charge in [-0.3, -0.25) is 4.79 Å². The summed E-state index contributed by atoms with van der Waals surface area (Å²) in [6, 6.07) is 10.5. The van der Waals surface area contributed by atoms with Crippen LogP contribution in [0.1, 0.15) is 61.7 Å². The molecule has 0 unspecified atom stereocenters. The Morgan fingerprint density at radius 1 is 0.788 bits per heavy atom. The number of amides is 1. The molecule has 0 saturated carbocycles. The molecule has 178 valence electrons. The van der Waals surface area contributed by atoms with E-state index in [0.717, 1.165) is 64.5 Å². The summed E-state index contributed by atoms with van der Waals surface area (Å²) in [6.07, 6.45) is 8.10. The number of carbonyl (C=O) groups is 1. The number of halogens is 1. The van der Waals surface area contributed by atoms with Gasteiger partial charge >= 0.3 is 0 Å². The Balaban J connectivity index is 1.69. The lowest BCUT2D eigenvalue weighted by atomic mass is 10.1. The fourth-order valence-electron chi connectivity index (χ4n) is 4.59. The van der Waals surface area contributed by atoms with Crippen molar-refractivity contribution in [2.45, 2.75) is 56.3 Å². The van der Waals surface area contributed by atoms with Crippen LogP contribution in [0.15, 0.2) is 47.4 Å². The van der Waals surface area contributed by atoms with Crippen LogP contribution in [0, 0.1) is 5.82 Å². The maximum Gasteiger partial charge on any atom is 0.255 e. The second kappa shape index (κ2) is 10.7. The number of benzene rings is 2. The largest absolute Gasteiger partial charge is 0.370 e. The van der Waals surface area contributed by atoms with Crippen molar-refractivity contribution in [2.75, 3.05) is 36.4 Å². The minimum atomic E-state index is -3.75. The number of carbonyl (C=O) groups excluding carboxylic acids is 1. The average molecular weight is 474 g/mol. The standard InChI is InChI=1S/C25H32FN3O3S/c26-21-10-12-22(13-11-21)27-25(30)20-9-14-23(28-15-5-1-2-6-16-28)24(19-20)33(31,32)29-17-7-3-4-8-18-29/h9-14,19H,1-8,15-18H2,(H,27,30). The summed E-state index contributed by atoms with van der Waals surface area (Å²) in [6.45, 7) is 2.63. The molecular weight excluding hydrogens is 441 g/mol.